The van der Waals surface area contributed by atoms with Crippen LogP contribution < -0.4 is 14.8 Å². The zero-order chi connectivity index (χ0) is 19.5. The molecule has 0 heterocycles. The molecule has 2 aromatic carbocycles. The second-order valence-corrected chi connectivity index (χ2v) is 6.94. The molecule has 0 spiro atoms. The van der Waals surface area contributed by atoms with Crippen LogP contribution in [-0.2, 0) is 0 Å². The Morgan fingerprint density at radius 2 is 1.70 bits per heavy atom. The smallest absolute Gasteiger partial charge is 0.255 e. The van der Waals surface area contributed by atoms with E-state index in [9.17, 15) is 4.79 Å². The SMILES string of the molecule is CCCCCCCOc1cccc(NC(=O)c2cccc(OC(C)C)c2)c1. The zero-order valence-corrected chi connectivity index (χ0v) is 16.7. The van der Waals surface area contributed by atoms with Gasteiger partial charge in [0.05, 0.1) is 12.7 Å². The van der Waals surface area contributed by atoms with Gasteiger partial charge < -0.3 is 14.8 Å². The Morgan fingerprint density at radius 1 is 0.963 bits per heavy atom. The number of hydrogen-bond acceptors (Lipinski definition) is 3. The van der Waals surface area contributed by atoms with Crippen molar-refractivity contribution >= 4 is 11.6 Å². The Bertz CT molecular complexity index is 712. The number of unbranched alkanes of at least 4 members (excludes halogenated alkanes) is 4. The van der Waals surface area contributed by atoms with Gasteiger partial charge in [0, 0.05) is 17.3 Å². The molecule has 0 saturated heterocycles. The average molecular weight is 370 g/mol. The van der Waals surface area contributed by atoms with Gasteiger partial charge in [0.15, 0.2) is 0 Å². The number of hydrogen-bond donors (Lipinski definition) is 1. The highest BCUT2D eigenvalue weighted by Crippen LogP contribution is 2.20. The number of ether oxygens (including phenoxy) is 2. The fourth-order valence-electron chi connectivity index (χ4n) is 2.75. The molecule has 4 nitrogen and oxygen atoms in total. The van der Waals surface area contributed by atoms with Crippen molar-refractivity contribution in [3.63, 3.8) is 0 Å². The third-order valence-electron chi connectivity index (χ3n) is 4.08. The largest absolute Gasteiger partial charge is 0.494 e. The van der Waals surface area contributed by atoms with Crippen LogP contribution >= 0.6 is 0 Å². The summed E-state index contributed by atoms with van der Waals surface area (Å²) in [5.74, 6) is 1.30. The third-order valence-corrected chi connectivity index (χ3v) is 4.08. The molecule has 0 atom stereocenters. The Hall–Kier alpha value is -2.49. The first-order chi connectivity index (χ1) is 13.1. The molecule has 0 radical (unpaired) electrons. The molecule has 2 rings (SSSR count). The standard InChI is InChI=1S/C23H31NO3/c1-4-5-6-7-8-15-26-21-13-10-12-20(17-21)24-23(25)19-11-9-14-22(16-19)27-18(2)3/h9-14,16-18H,4-8,15H2,1-3H3,(H,24,25). The van der Waals surface area contributed by atoms with E-state index >= 15 is 0 Å². The zero-order valence-electron chi connectivity index (χ0n) is 16.7. The highest BCUT2D eigenvalue weighted by atomic mass is 16.5. The predicted octanol–water partition coefficient (Wildman–Crippen LogP) is 6.08. The van der Waals surface area contributed by atoms with E-state index in [1.807, 2.05) is 50.2 Å². The fraction of sp³-hybridized carbons (Fsp3) is 0.435. The van der Waals surface area contributed by atoms with Gasteiger partial charge in [0.1, 0.15) is 11.5 Å². The second kappa shape index (κ2) is 11.3. The summed E-state index contributed by atoms with van der Waals surface area (Å²) in [7, 11) is 0. The number of rotatable bonds is 11. The molecular weight excluding hydrogens is 338 g/mol. The molecule has 146 valence electrons. The Labute approximate surface area is 162 Å². The van der Waals surface area contributed by atoms with Crippen molar-refractivity contribution in [1.29, 1.82) is 0 Å². The maximum absolute atomic E-state index is 12.5. The molecule has 0 aliphatic carbocycles. The van der Waals surface area contributed by atoms with Crippen LogP contribution in [0.3, 0.4) is 0 Å². The van der Waals surface area contributed by atoms with Crippen LogP contribution in [0.2, 0.25) is 0 Å². The van der Waals surface area contributed by atoms with Gasteiger partial charge in [0.2, 0.25) is 0 Å². The normalized spacial score (nSPS) is 10.7. The molecule has 0 aliphatic heterocycles. The van der Waals surface area contributed by atoms with E-state index in [0.29, 0.717) is 17.9 Å². The predicted molar refractivity (Wildman–Crippen MR) is 111 cm³/mol. The molecule has 2 aromatic rings. The molecule has 0 bridgehead atoms. The van der Waals surface area contributed by atoms with Gasteiger partial charge in [0.25, 0.3) is 5.91 Å². The van der Waals surface area contributed by atoms with Crippen LogP contribution in [0.15, 0.2) is 48.5 Å². The van der Waals surface area contributed by atoms with E-state index in [-0.39, 0.29) is 12.0 Å². The van der Waals surface area contributed by atoms with E-state index in [1.165, 1.54) is 25.7 Å². The highest BCUT2D eigenvalue weighted by molar-refractivity contribution is 6.04. The first-order valence-corrected chi connectivity index (χ1v) is 9.89. The Balaban J connectivity index is 1.88. The summed E-state index contributed by atoms with van der Waals surface area (Å²) in [6.07, 6.45) is 6.10. The minimum Gasteiger partial charge on any atom is -0.494 e. The number of nitrogens with one attached hydrogen (secondary N) is 1. The Morgan fingerprint density at radius 3 is 2.48 bits per heavy atom. The summed E-state index contributed by atoms with van der Waals surface area (Å²) < 4.78 is 11.5. The van der Waals surface area contributed by atoms with Gasteiger partial charge in [-0.05, 0) is 50.6 Å². The number of amides is 1. The molecule has 4 heteroatoms. The first kappa shape index (κ1) is 20.8. The van der Waals surface area contributed by atoms with Gasteiger partial charge >= 0.3 is 0 Å². The molecule has 27 heavy (non-hydrogen) atoms. The van der Waals surface area contributed by atoms with Gasteiger partial charge in [-0.1, -0.05) is 44.7 Å². The summed E-state index contributed by atoms with van der Waals surface area (Å²) in [5.41, 5.74) is 1.29. The van der Waals surface area contributed by atoms with E-state index in [4.69, 9.17) is 9.47 Å². The molecule has 0 aromatic heterocycles. The van der Waals surface area contributed by atoms with Crippen LogP contribution in [0.5, 0.6) is 11.5 Å². The van der Waals surface area contributed by atoms with Crippen molar-refractivity contribution < 1.29 is 14.3 Å². The van der Waals surface area contributed by atoms with Crippen molar-refractivity contribution in [3.8, 4) is 11.5 Å². The van der Waals surface area contributed by atoms with Crippen molar-refractivity contribution in [1.82, 2.24) is 0 Å². The minimum absolute atomic E-state index is 0.0686. The third kappa shape index (κ3) is 7.73. The van der Waals surface area contributed by atoms with Crippen molar-refractivity contribution in [3.05, 3.63) is 54.1 Å². The summed E-state index contributed by atoms with van der Waals surface area (Å²) >= 11 is 0. The number of carbonyl (C=O) groups is 1. The first-order valence-electron chi connectivity index (χ1n) is 9.89. The van der Waals surface area contributed by atoms with Crippen molar-refractivity contribution in [2.24, 2.45) is 0 Å². The molecule has 1 N–H and O–H groups in total. The van der Waals surface area contributed by atoms with E-state index in [2.05, 4.69) is 12.2 Å². The summed E-state index contributed by atoms with van der Waals surface area (Å²) in [4.78, 5) is 12.5. The maximum atomic E-state index is 12.5. The van der Waals surface area contributed by atoms with Crippen molar-refractivity contribution in [2.45, 2.75) is 59.0 Å². The van der Waals surface area contributed by atoms with E-state index in [0.717, 1.165) is 17.9 Å². The second-order valence-electron chi connectivity index (χ2n) is 6.94. The van der Waals surface area contributed by atoms with Crippen LogP contribution in [0.1, 0.15) is 63.2 Å². The maximum Gasteiger partial charge on any atom is 0.255 e. The van der Waals surface area contributed by atoms with Gasteiger partial charge in [-0.2, -0.15) is 0 Å². The molecule has 0 saturated carbocycles. The summed E-state index contributed by atoms with van der Waals surface area (Å²) in [5, 5.41) is 2.92. The summed E-state index contributed by atoms with van der Waals surface area (Å²) in [6, 6.07) is 14.7. The van der Waals surface area contributed by atoms with Crippen LogP contribution in [-0.4, -0.2) is 18.6 Å². The number of carbonyl (C=O) groups excluding carboxylic acids is 1. The van der Waals surface area contributed by atoms with Crippen LogP contribution in [0, 0.1) is 0 Å². The fourth-order valence-corrected chi connectivity index (χ4v) is 2.75. The number of benzene rings is 2. The minimum atomic E-state index is -0.166. The van der Waals surface area contributed by atoms with Crippen LogP contribution in [0.25, 0.3) is 0 Å². The average Bonchev–Trinajstić information content (AvgIpc) is 2.64. The quantitative estimate of drug-likeness (QED) is 0.489. The lowest BCUT2D eigenvalue weighted by Gasteiger charge is -2.12. The Kier molecular flexibility index (Phi) is 8.69. The van der Waals surface area contributed by atoms with Gasteiger partial charge in [-0.3, -0.25) is 4.79 Å². The number of anilines is 1. The molecule has 0 unspecified atom stereocenters. The summed E-state index contributed by atoms with van der Waals surface area (Å²) in [6.45, 7) is 6.84. The highest BCUT2D eigenvalue weighted by Gasteiger charge is 2.09. The lowest BCUT2D eigenvalue weighted by Crippen LogP contribution is -2.13. The monoisotopic (exact) mass is 369 g/mol. The van der Waals surface area contributed by atoms with E-state index < -0.39 is 0 Å². The lowest BCUT2D eigenvalue weighted by atomic mass is 10.2. The molecule has 0 fully saturated rings. The van der Waals surface area contributed by atoms with Crippen molar-refractivity contribution in [2.75, 3.05) is 11.9 Å². The molecule has 0 aliphatic rings. The van der Waals surface area contributed by atoms with Gasteiger partial charge in [-0.15, -0.1) is 0 Å². The van der Waals surface area contributed by atoms with Crippen LogP contribution in [0.4, 0.5) is 5.69 Å². The van der Waals surface area contributed by atoms with Gasteiger partial charge in [-0.25, -0.2) is 0 Å². The lowest BCUT2D eigenvalue weighted by molar-refractivity contribution is 0.102. The molecule has 1 amide bonds. The molecular formula is C23H31NO3. The van der Waals surface area contributed by atoms with E-state index in [1.54, 1.807) is 12.1 Å². The topological polar surface area (TPSA) is 47.6 Å².